The molecule has 1 aliphatic carbocycles. The van der Waals surface area contributed by atoms with Crippen LogP contribution in [0.2, 0.25) is 0 Å². The molecule has 2 aromatic rings. The average Bonchev–Trinajstić information content (AvgIpc) is 2.89. The van der Waals surface area contributed by atoms with E-state index >= 15 is 0 Å². The summed E-state index contributed by atoms with van der Waals surface area (Å²) in [5.74, 6) is -0.155. The van der Waals surface area contributed by atoms with Crippen molar-refractivity contribution in [2.24, 2.45) is 0 Å². The molecule has 0 radical (unpaired) electrons. The van der Waals surface area contributed by atoms with Crippen molar-refractivity contribution in [3.8, 4) is 0 Å². The van der Waals surface area contributed by atoms with Crippen molar-refractivity contribution in [2.75, 3.05) is 7.05 Å². The van der Waals surface area contributed by atoms with Crippen LogP contribution in [0.1, 0.15) is 45.8 Å². The second-order valence-corrected chi connectivity index (χ2v) is 6.06. The third kappa shape index (κ3) is 2.60. The van der Waals surface area contributed by atoms with E-state index in [0.29, 0.717) is 0 Å². The monoisotopic (exact) mass is 283 g/mol. The third-order valence-corrected chi connectivity index (χ3v) is 4.59. The molecule has 1 atom stereocenters. The van der Waals surface area contributed by atoms with Gasteiger partial charge in [0.15, 0.2) is 0 Å². The van der Waals surface area contributed by atoms with E-state index in [-0.39, 0.29) is 11.9 Å². The summed E-state index contributed by atoms with van der Waals surface area (Å²) >= 11 is 0. The summed E-state index contributed by atoms with van der Waals surface area (Å²) < 4.78 is 13.5. The Labute approximate surface area is 126 Å². The van der Waals surface area contributed by atoms with Crippen molar-refractivity contribution in [3.63, 3.8) is 0 Å². The van der Waals surface area contributed by atoms with Gasteiger partial charge in [0.1, 0.15) is 5.82 Å². The second-order valence-electron chi connectivity index (χ2n) is 6.06. The number of rotatable bonds is 3. The Morgan fingerprint density at radius 2 is 1.67 bits per heavy atom. The minimum Gasteiger partial charge on any atom is -0.309 e. The molecule has 0 heterocycles. The van der Waals surface area contributed by atoms with E-state index < -0.39 is 0 Å². The Kier molecular flexibility index (Phi) is 3.81. The van der Waals surface area contributed by atoms with Gasteiger partial charge in [0.05, 0.1) is 6.04 Å². The quantitative estimate of drug-likeness (QED) is 0.888. The Bertz CT molecular complexity index is 652. The maximum Gasteiger partial charge on any atom is 0.123 e. The zero-order chi connectivity index (χ0) is 15.0. The first-order chi connectivity index (χ1) is 10.1. The van der Waals surface area contributed by atoms with Crippen molar-refractivity contribution < 1.29 is 4.39 Å². The van der Waals surface area contributed by atoms with Crippen molar-refractivity contribution in [1.82, 2.24) is 5.32 Å². The number of nitrogens with one attached hydrogen (secondary N) is 1. The van der Waals surface area contributed by atoms with E-state index in [2.05, 4.69) is 23.5 Å². The molecule has 0 spiro atoms. The smallest absolute Gasteiger partial charge is 0.123 e. The predicted octanol–water partition coefficient (Wildman–Crippen LogP) is 4.24. The average molecular weight is 283 g/mol. The summed E-state index contributed by atoms with van der Waals surface area (Å²) in [6.45, 7) is 3.98. The lowest BCUT2D eigenvalue weighted by Gasteiger charge is -2.22. The lowest BCUT2D eigenvalue weighted by molar-refractivity contribution is 0.618. The summed E-state index contributed by atoms with van der Waals surface area (Å²) in [5.41, 5.74) is 7.44. The molecule has 1 nitrogen and oxygen atoms in total. The summed E-state index contributed by atoms with van der Waals surface area (Å²) in [5, 5.41) is 3.40. The van der Waals surface area contributed by atoms with Crippen LogP contribution in [0.25, 0.3) is 0 Å². The van der Waals surface area contributed by atoms with E-state index in [1.807, 2.05) is 20.9 Å². The van der Waals surface area contributed by atoms with Gasteiger partial charge in [-0.1, -0.05) is 18.2 Å². The van der Waals surface area contributed by atoms with Gasteiger partial charge in [0.2, 0.25) is 0 Å². The van der Waals surface area contributed by atoms with Crippen LogP contribution < -0.4 is 5.32 Å². The van der Waals surface area contributed by atoms with Crippen molar-refractivity contribution in [2.45, 2.75) is 39.2 Å². The molecular weight excluding hydrogens is 261 g/mol. The zero-order valence-electron chi connectivity index (χ0n) is 13.0. The maximum atomic E-state index is 13.5. The molecule has 2 aromatic carbocycles. The number of aryl methyl sites for hydroxylation is 4. The predicted molar refractivity (Wildman–Crippen MR) is 85.2 cm³/mol. The van der Waals surface area contributed by atoms with Crippen LogP contribution in [0.15, 0.2) is 30.3 Å². The minimum atomic E-state index is -0.155. The highest BCUT2D eigenvalue weighted by atomic mass is 19.1. The van der Waals surface area contributed by atoms with E-state index in [0.717, 1.165) is 11.1 Å². The molecule has 21 heavy (non-hydrogen) atoms. The van der Waals surface area contributed by atoms with Crippen molar-refractivity contribution in [3.05, 3.63) is 69.5 Å². The summed E-state index contributed by atoms with van der Waals surface area (Å²) in [6.07, 6.45) is 3.65. The molecule has 3 rings (SSSR count). The van der Waals surface area contributed by atoms with Crippen LogP contribution in [0.5, 0.6) is 0 Å². The Morgan fingerprint density at radius 1 is 1.00 bits per heavy atom. The van der Waals surface area contributed by atoms with E-state index in [1.54, 1.807) is 12.1 Å². The van der Waals surface area contributed by atoms with E-state index in [1.165, 1.54) is 41.5 Å². The molecule has 0 fully saturated rings. The van der Waals surface area contributed by atoms with Crippen LogP contribution in [0.3, 0.4) is 0 Å². The van der Waals surface area contributed by atoms with Gasteiger partial charge in [-0.15, -0.1) is 0 Å². The van der Waals surface area contributed by atoms with Crippen LogP contribution in [0, 0.1) is 19.7 Å². The Balaban J connectivity index is 2.07. The molecule has 0 saturated carbocycles. The number of fused-ring (bicyclic) bond motifs is 1. The minimum absolute atomic E-state index is 0.122. The number of benzene rings is 2. The first kappa shape index (κ1) is 14.3. The van der Waals surface area contributed by atoms with Gasteiger partial charge in [0.25, 0.3) is 0 Å². The lowest BCUT2D eigenvalue weighted by Crippen LogP contribution is -2.20. The molecule has 0 saturated heterocycles. The number of halogens is 1. The van der Waals surface area contributed by atoms with Crippen LogP contribution in [-0.2, 0) is 12.8 Å². The highest BCUT2D eigenvalue weighted by molar-refractivity contribution is 5.45. The van der Waals surface area contributed by atoms with Crippen LogP contribution in [0.4, 0.5) is 4.39 Å². The lowest BCUT2D eigenvalue weighted by atomic mass is 9.90. The second kappa shape index (κ2) is 5.61. The van der Waals surface area contributed by atoms with E-state index in [4.69, 9.17) is 0 Å². The Morgan fingerprint density at radius 3 is 2.33 bits per heavy atom. The summed E-state index contributed by atoms with van der Waals surface area (Å²) in [7, 11) is 1.97. The Hall–Kier alpha value is -1.67. The number of hydrogen-bond donors (Lipinski definition) is 1. The van der Waals surface area contributed by atoms with Gasteiger partial charge in [-0.05, 0) is 85.7 Å². The van der Waals surface area contributed by atoms with Gasteiger partial charge in [-0.3, -0.25) is 0 Å². The molecule has 1 N–H and O–H groups in total. The normalized spacial score (nSPS) is 15.0. The van der Waals surface area contributed by atoms with Crippen LogP contribution >= 0.6 is 0 Å². The molecule has 0 bridgehead atoms. The standard InChI is InChI=1S/C19H22FN/c1-12-9-17(20)10-13(2)18(12)19(21-3)16-8-7-14-5-4-6-15(14)11-16/h7-11,19,21H,4-6H2,1-3H3. The fraction of sp³-hybridized carbons (Fsp3) is 0.368. The fourth-order valence-electron chi connectivity index (χ4n) is 3.63. The molecular formula is C19H22FN. The van der Waals surface area contributed by atoms with Gasteiger partial charge in [-0.2, -0.15) is 0 Å². The SMILES string of the molecule is CNC(c1ccc2c(c1)CCC2)c1c(C)cc(F)cc1C. The summed E-state index contributed by atoms with van der Waals surface area (Å²) in [4.78, 5) is 0. The van der Waals surface area contributed by atoms with Gasteiger partial charge in [-0.25, -0.2) is 4.39 Å². The highest BCUT2D eigenvalue weighted by Crippen LogP contribution is 2.31. The maximum absolute atomic E-state index is 13.5. The molecule has 0 aliphatic heterocycles. The van der Waals surface area contributed by atoms with Gasteiger partial charge < -0.3 is 5.32 Å². The molecule has 0 aromatic heterocycles. The topological polar surface area (TPSA) is 12.0 Å². The first-order valence-electron chi connectivity index (χ1n) is 7.65. The molecule has 1 aliphatic rings. The van der Waals surface area contributed by atoms with E-state index in [9.17, 15) is 4.39 Å². The zero-order valence-corrected chi connectivity index (χ0v) is 13.0. The third-order valence-electron chi connectivity index (χ3n) is 4.59. The largest absolute Gasteiger partial charge is 0.309 e. The first-order valence-corrected chi connectivity index (χ1v) is 7.65. The summed E-state index contributed by atoms with van der Waals surface area (Å²) in [6, 6.07) is 10.2. The van der Waals surface area contributed by atoms with Crippen LogP contribution in [-0.4, -0.2) is 7.05 Å². The fourth-order valence-corrected chi connectivity index (χ4v) is 3.63. The number of hydrogen-bond acceptors (Lipinski definition) is 1. The van der Waals surface area contributed by atoms with Crippen molar-refractivity contribution in [1.29, 1.82) is 0 Å². The van der Waals surface area contributed by atoms with Gasteiger partial charge >= 0.3 is 0 Å². The molecule has 0 amide bonds. The van der Waals surface area contributed by atoms with Gasteiger partial charge in [0, 0.05) is 0 Å². The molecule has 1 unspecified atom stereocenters. The molecule has 2 heteroatoms. The van der Waals surface area contributed by atoms with Crippen molar-refractivity contribution >= 4 is 0 Å². The highest BCUT2D eigenvalue weighted by Gasteiger charge is 2.19. The molecule has 110 valence electrons.